The van der Waals surface area contributed by atoms with E-state index in [1.807, 2.05) is 22.8 Å². The number of hydrogen-bond acceptors (Lipinski definition) is 5. The Balaban J connectivity index is 1.34. The predicted octanol–water partition coefficient (Wildman–Crippen LogP) is 5.26. The van der Waals surface area contributed by atoms with Crippen molar-refractivity contribution in [3.05, 3.63) is 78.2 Å². The number of benzene rings is 2. The predicted molar refractivity (Wildman–Crippen MR) is 125 cm³/mol. The molecule has 2 aromatic carbocycles. The van der Waals surface area contributed by atoms with Crippen LogP contribution in [0.5, 0.6) is 0 Å². The van der Waals surface area contributed by atoms with E-state index in [1.54, 1.807) is 17.7 Å². The molecule has 0 bridgehead atoms. The Morgan fingerprint density at radius 3 is 2.66 bits per heavy atom. The highest BCUT2D eigenvalue weighted by atomic mass is 32.1. The van der Waals surface area contributed by atoms with Gasteiger partial charge in [0.1, 0.15) is 15.4 Å². The molecule has 3 heterocycles. The number of nitrogens with zero attached hydrogens (tertiary/aromatic N) is 4. The molecule has 0 saturated heterocycles. The van der Waals surface area contributed by atoms with Gasteiger partial charge in [-0.05, 0) is 48.7 Å². The highest BCUT2D eigenvalue weighted by Gasteiger charge is 2.47. The van der Waals surface area contributed by atoms with Crippen LogP contribution in [0.15, 0.2) is 67.0 Å². The fraction of sp³-hybridized carbons (Fsp3) is 0.200. The lowest BCUT2D eigenvalue weighted by Gasteiger charge is -2.14. The third kappa shape index (κ3) is 3.17. The monoisotopic (exact) mass is 440 g/mol. The summed E-state index contributed by atoms with van der Waals surface area (Å²) in [6, 6.07) is 20.9. The van der Waals surface area contributed by atoms with Crippen molar-refractivity contribution in [2.24, 2.45) is 0 Å². The first-order valence-corrected chi connectivity index (χ1v) is 11.4. The zero-order valence-corrected chi connectivity index (χ0v) is 18.0. The van der Waals surface area contributed by atoms with Gasteiger partial charge in [-0.1, -0.05) is 41.7 Å². The molecule has 0 radical (unpaired) electrons. The van der Waals surface area contributed by atoms with Crippen LogP contribution in [0.25, 0.3) is 32.0 Å². The number of rotatable bonds is 6. The molecule has 1 fully saturated rings. The van der Waals surface area contributed by atoms with E-state index in [0.29, 0.717) is 6.54 Å². The lowest BCUT2D eigenvalue weighted by atomic mass is 9.92. The van der Waals surface area contributed by atoms with Gasteiger partial charge in [0, 0.05) is 17.5 Å². The number of aryl methyl sites for hydroxylation is 1. The molecule has 7 heteroatoms. The summed E-state index contributed by atoms with van der Waals surface area (Å²) in [5.41, 5.74) is 6.16. The van der Waals surface area contributed by atoms with Crippen LogP contribution in [0.1, 0.15) is 30.5 Å². The summed E-state index contributed by atoms with van der Waals surface area (Å²) in [5.74, 6) is -0.815. The zero-order chi connectivity index (χ0) is 21.7. The van der Waals surface area contributed by atoms with Crippen molar-refractivity contribution in [1.82, 2.24) is 19.5 Å². The van der Waals surface area contributed by atoms with E-state index < -0.39 is 5.97 Å². The van der Waals surface area contributed by atoms with Gasteiger partial charge in [-0.2, -0.15) is 0 Å². The van der Waals surface area contributed by atoms with Crippen LogP contribution >= 0.6 is 11.3 Å². The molecule has 5 aromatic rings. The first-order valence-electron chi connectivity index (χ1n) is 10.6. The number of carboxylic acid groups (broad SMARTS) is 1. The molecule has 1 aliphatic rings. The first kappa shape index (κ1) is 19.1. The van der Waals surface area contributed by atoms with Crippen LogP contribution in [0, 0.1) is 0 Å². The summed E-state index contributed by atoms with van der Waals surface area (Å²) in [6.45, 7) is 0.405. The van der Waals surface area contributed by atoms with E-state index in [-0.39, 0.29) is 11.8 Å². The van der Waals surface area contributed by atoms with Gasteiger partial charge in [-0.25, -0.2) is 15.0 Å². The second-order valence-corrected chi connectivity index (χ2v) is 9.25. The summed E-state index contributed by atoms with van der Waals surface area (Å²) in [6.07, 6.45) is 4.02. The van der Waals surface area contributed by atoms with E-state index in [2.05, 4.69) is 47.4 Å². The van der Waals surface area contributed by atoms with Crippen molar-refractivity contribution in [3.8, 4) is 10.6 Å². The number of carboxylic acids is 1. The standard InChI is InChI=1S/C25H20N4O2S/c30-22(31)10-13-29-15-26-19-14-16(6-8-20(19)29)23-27-18-7-9-21(28-24(18)32-23)25(11-12-25)17-4-2-1-3-5-17/h1-9,14-15H,10-13H2,(H,30,31). The summed E-state index contributed by atoms with van der Waals surface area (Å²) >= 11 is 1.60. The first-order chi connectivity index (χ1) is 15.6. The number of aromatic nitrogens is 4. The minimum atomic E-state index is -0.815. The van der Waals surface area contributed by atoms with Gasteiger partial charge in [0.15, 0.2) is 0 Å². The minimum absolute atomic E-state index is 0.0430. The number of fused-ring (bicyclic) bond motifs is 2. The van der Waals surface area contributed by atoms with E-state index >= 15 is 0 Å². The van der Waals surface area contributed by atoms with Crippen molar-refractivity contribution >= 4 is 38.7 Å². The number of aliphatic carboxylic acids is 1. The second kappa shape index (κ2) is 7.24. The van der Waals surface area contributed by atoms with Crippen LogP contribution < -0.4 is 0 Å². The fourth-order valence-electron chi connectivity index (χ4n) is 4.37. The molecule has 6 nitrogen and oxygen atoms in total. The average molecular weight is 441 g/mol. The Hall–Kier alpha value is -3.58. The van der Waals surface area contributed by atoms with Gasteiger partial charge in [0.25, 0.3) is 0 Å². The normalized spacial score (nSPS) is 14.8. The lowest BCUT2D eigenvalue weighted by Crippen LogP contribution is -2.10. The molecular weight excluding hydrogens is 420 g/mol. The average Bonchev–Trinajstić information content (AvgIpc) is 3.35. The lowest BCUT2D eigenvalue weighted by molar-refractivity contribution is -0.137. The molecule has 0 amide bonds. The third-order valence-corrected chi connectivity index (χ3v) is 7.27. The van der Waals surface area contributed by atoms with Gasteiger partial charge in [0.05, 0.1) is 29.5 Å². The van der Waals surface area contributed by atoms with Crippen molar-refractivity contribution in [2.75, 3.05) is 0 Å². The highest BCUT2D eigenvalue weighted by molar-refractivity contribution is 7.21. The van der Waals surface area contributed by atoms with Crippen molar-refractivity contribution in [3.63, 3.8) is 0 Å². The van der Waals surface area contributed by atoms with Crippen LogP contribution in [0.3, 0.4) is 0 Å². The zero-order valence-electron chi connectivity index (χ0n) is 17.2. The summed E-state index contributed by atoms with van der Waals surface area (Å²) in [5, 5.41) is 9.85. The number of hydrogen-bond donors (Lipinski definition) is 1. The Morgan fingerprint density at radius 1 is 1.03 bits per heavy atom. The summed E-state index contributed by atoms with van der Waals surface area (Å²) in [4.78, 5) is 26.1. The summed E-state index contributed by atoms with van der Waals surface area (Å²) in [7, 11) is 0. The van der Waals surface area contributed by atoms with Gasteiger partial charge in [-0.3, -0.25) is 4.79 Å². The molecule has 0 unspecified atom stereocenters. The third-order valence-electron chi connectivity index (χ3n) is 6.26. The maximum Gasteiger partial charge on any atom is 0.305 e. The molecular formula is C25H20N4O2S. The Labute approximate surface area is 188 Å². The van der Waals surface area contributed by atoms with Crippen LogP contribution in [-0.2, 0) is 16.8 Å². The molecule has 3 aromatic heterocycles. The quantitative estimate of drug-likeness (QED) is 0.389. The molecule has 1 N–H and O–H groups in total. The number of thiazole rings is 1. The minimum Gasteiger partial charge on any atom is -0.481 e. The van der Waals surface area contributed by atoms with Gasteiger partial charge in [-0.15, -0.1) is 0 Å². The van der Waals surface area contributed by atoms with E-state index in [4.69, 9.17) is 15.1 Å². The Bertz CT molecular complexity index is 1470. The molecule has 6 rings (SSSR count). The van der Waals surface area contributed by atoms with Crippen molar-refractivity contribution < 1.29 is 9.90 Å². The molecule has 158 valence electrons. The van der Waals surface area contributed by atoms with E-state index in [9.17, 15) is 4.79 Å². The van der Waals surface area contributed by atoms with Gasteiger partial charge < -0.3 is 9.67 Å². The van der Waals surface area contributed by atoms with Crippen molar-refractivity contribution in [2.45, 2.75) is 31.2 Å². The summed E-state index contributed by atoms with van der Waals surface area (Å²) < 4.78 is 1.87. The molecule has 1 saturated carbocycles. The topological polar surface area (TPSA) is 80.9 Å². The van der Waals surface area contributed by atoms with Crippen LogP contribution in [0.4, 0.5) is 0 Å². The number of pyridine rings is 1. The smallest absolute Gasteiger partial charge is 0.305 e. The largest absolute Gasteiger partial charge is 0.481 e. The van der Waals surface area contributed by atoms with E-state index in [0.717, 1.165) is 50.5 Å². The van der Waals surface area contributed by atoms with E-state index in [1.165, 1.54) is 5.56 Å². The maximum atomic E-state index is 10.9. The number of imidazole rings is 1. The van der Waals surface area contributed by atoms with Crippen LogP contribution in [0.2, 0.25) is 0 Å². The Morgan fingerprint density at radius 2 is 1.88 bits per heavy atom. The highest BCUT2D eigenvalue weighted by Crippen LogP contribution is 2.53. The SMILES string of the molecule is O=C(O)CCn1cnc2cc(-c3nc4ccc(C5(c6ccccc6)CC5)nc4s3)ccc21. The van der Waals surface area contributed by atoms with Crippen LogP contribution in [-0.4, -0.2) is 30.6 Å². The second-order valence-electron chi connectivity index (χ2n) is 8.27. The van der Waals surface area contributed by atoms with Crippen molar-refractivity contribution in [1.29, 1.82) is 0 Å². The van der Waals surface area contributed by atoms with Gasteiger partial charge in [0.2, 0.25) is 0 Å². The Kier molecular flexibility index (Phi) is 4.33. The van der Waals surface area contributed by atoms with Gasteiger partial charge >= 0.3 is 5.97 Å². The molecule has 0 atom stereocenters. The maximum absolute atomic E-state index is 10.9. The molecule has 0 spiro atoms. The molecule has 1 aliphatic carbocycles. The molecule has 0 aliphatic heterocycles. The fourth-order valence-corrected chi connectivity index (χ4v) is 5.31. The molecule has 32 heavy (non-hydrogen) atoms. The number of carbonyl (C=O) groups is 1.